The fraction of sp³-hybridized carbons (Fsp3) is 0.429. The summed E-state index contributed by atoms with van der Waals surface area (Å²) in [5.41, 5.74) is 6.91. The Morgan fingerprint density at radius 1 is 1.30 bits per heavy atom. The molecule has 5 nitrogen and oxygen atoms in total. The minimum Gasteiger partial charge on any atom is -0.379 e. The molecule has 2 aromatic rings. The van der Waals surface area contributed by atoms with Gasteiger partial charge < -0.3 is 15.0 Å². The number of rotatable bonds is 4. The van der Waals surface area contributed by atoms with E-state index in [4.69, 9.17) is 15.0 Å². The Balaban J connectivity index is 1.79. The molecule has 1 aliphatic rings. The van der Waals surface area contributed by atoms with E-state index in [1.165, 1.54) is 4.90 Å². The molecule has 0 amide bonds. The number of nitrogens with zero attached hydrogens (tertiary/aromatic N) is 2. The molecule has 0 radical (unpaired) electrons. The predicted molar refractivity (Wildman–Crippen MR) is 77.7 cm³/mol. The molecule has 1 aromatic heterocycles. The van der Waals surface area contributed by atoms with E-state index in [2.05, 4.69) is 29.2 Å². The van der Waals surface area contributed by atoms with Crippen molar-refractivity contribution in [1.29, 1.82) is 0 Å². The molecule has 20 heavy (non-hydrogen) atoms. The highest BCUT2D eigenvalue weighted by molar-refractivity contribution is 7.99. The van der Waals surface area contributed by atoms with Gasteiger partial charge in [0.25, 0.3) is 0 Å². The zero-order valence-corrected chi connectivity index (χ0v) is 12.1. The molecular weight excluding hydrogens is 274 g/mol. The van der Waals surface area contributed by atoms with E-state index in [1.54, 1.807) is 0 Å². The lowest BCUT2D eigenvalue weighted by Gasteiger charge is -2.06. The van der Waals surface area contributed by atoms with Crippen molar-refractivity contribution in [2.75, 3.05) is 19.0 Å². The van der Waals surface area contributed by atoms with Gasteiger partial charge in [-0.3, -0.25) is 0 Å². The highest BCUT2D eigenvalue weighted by atomic mass is 32.2. The summed E-state index contributed by atoms with van der Waals surface area (Å²) in [6, 6.07) is 8.11. The van der Waals surface area contributed by atoms with Crippen LogP contribution in [0.3, 0.4) is 0 Å². The molecular formula is C14H17N3O2S. The maximum Gasteiger partial charge on any atom is 0.234 e. The highest BCUT2D eigenvalue weighted by Crippen LogP contribution is 2.26. The topological polar surface area (TPSA) is 74.2 Å². The van der Waals surface area contributed by atoms with E-state index >= 15 is 0 Å². The number of aromatic nitrogens is 2. The number of hydrogen-bond acceptors (Lipinski definition) is 6. The van der Waals surface area contributed by atoms with Crippen molar-refractivity contribution in [3.05, 3.63) is 30.2 Å². The first-order chi connectivity index (χ1) is 9.78. The quantitative estimate of drug-likeness (QED) is 0.871. The summed E-state index contributed by atoms with van der Waals surface area (Å²) in [5.74, 6) is 2.24. The Hall–Kier alpha value is -1.37. The van der Waals surface area contributed by atoms with Crippen LogP contribution in [-0.4, -0.2) is 35.1 Å². The zero-order valence-electron chi connectivity index (χ0n) is 11.3. The van der Waals surface area contributed by atoms with Crippen LogP contribution in [0.15, 0.2) is 33.7 Å². The fourth-order valence-corrected chi connectivity index (χ4v) is 2.86. The molecule has 3 rings (SSSR count). The molecule has 0 saturated carbocycles. The third-order valence-electron chi connectivity index (χ3n) is 3.31. The largest absolute Gasteiger partial charge is 0.379 e. The van der Waals surface area contributed by atoms with E-state index in [0.717, 1.165) is 11.3 Å². The van der Waals surface area contributed by atoms with E-state index in [-0.39, 0.29) is 12.0 Å². The van der Waals surface area contributed by atoms with E-state index < -0.39 is 0 Å². The van der Waals surface area contributed by atoms with Crippen LogP contribution < -0.4 is 5.73 Å². The molecule has 1 aliphatic heterocycles. The van der Waals surface area contributed by atoms with Gasteiger partial charge in [0.05, 0.1) is 19.1 Å². The van der Waals surface area contributed by atoms with Crippen LogP contribution in [0.25, 0.3) is 11.4 Å². The lowest BCUT2D eigenvalue weighted by molar-refractivity contribution is 0.187. The first kappa shape index (κ1) is 13.6. The number of hydrogen-bond donors (Lipinski definition) is 1. The van der Waals surface area contributed by atoms with Gasteiger partial charge in [-0.05, 0) is 30.0 Å². The second-order valence-corrected chi connectivity index (χ2v) is 6.06. The van der Waals surface area contributed by atoms with Gasteiger partial charge in [-0.2, -0.15) is 4.98 Å². The first-order valence-corrected chi connectivity index (χ1v) is 7.66. The molecule has 2 N–H and O–H groups in total. The van der Waals surface area contributed by atoms with E-state index in [1.807, 2.05) is 23.9 Å². The fourth-order valence-electron chi connectivity index (χ4n) is 2.20. The van der Waals surface area contributed by atoms with Crippen molar-refractivity contribution in [1.82, 2.24) is 10.1 Å². The normalized spacial score (nSPS) is 22.3. The summed E-state index contributed by atoms with van der Waals surface area (Å²) in [5, 5.41) is 4.04. The monoisotopic (exact) mass is 291 g/mol. The van der Waals surface area contributed by atoms with Crippen molar-refractivity contribution < 1.29 is 9.26 Å². The van der Waals surface area contributed by atoms with Crippen LogP contribution in [-0.2, 0) is 4.74 Å². The molecule has 0 spiro atoms. The predicted octanol–water partition coefficient (Wildman–Crippen LogP) is 2.29. The van der Waals surface area contributed by atoms with Crippen LogP contribution >= 0.6 is 11.8 Å². The maximum absolute atomic E-state index is 5.96. The minimum atomic E-state index is -0.0633. The summed E-state index contributed by atoms with van der Waals surface area (Å²) in [6.45, 7) is 3.23. The summed E-state index contributed by atoms with van der Waals surface area (Å²) in [6.07, 6.45) is 0. The number of nitrogens with two attached hydrogens (primary N) is 1. The molecule has 1 aromatic carbocycles. The number of benzene rings is 1. The SMILES string of the molecule is CCSc1ccc(-c2noc(C3COCC3N)n2)cc1. The van der Waals surface area contributed by atoms with E-state index in [0.29, 0.717) is 24.9 Å². The van der Waals surface area contributed by atoms with Crippen LogP contribution in [0, 0.1) is 0 Å². The Morgan fingerprint density at radius 3 is 2.75 bits per heavy atom. The van der Waals surface area contributed by atoms with Crippen LogP contribution in [0.2, 0.25) is 0 Å². The Morgan fingerprint density at radius 2 is 2.10 bits per heavy atom. The number of ether oxygens (including phenoxy) is 1. The van der Waals surface area contributed by atoms with Gasteiger partial charge in [-0.25, -0.2) is 0 Å². The van der Waals surface area contributed by atoms with Crippen molar-refractivity contribution >= 4 is 11.8 Å². The summed E-state index contributed by atoms with van der Waals surface area (Å²) < 4.78 is 10.7. The van der Waals surface area contributed by atoms with Crippen molar-refractivity contribution in [2.45, 2.75) is 23.8 Å². The smallest absolute Gasteiger partial charge is 0.234 e. The van der Waals surface area contributed by atoms with Gasteiger partial charge >= 0.3 is 0 Å². The lowest BCUT2D eigenvalue weighted by Crippen LogP contribution is -2.26. The van der Waals surface area contributed by atoms with Gasteiger partial charge in [0.1, 0.15) is 0 Å². The minimum absolute atomic E-state index is 0.00571. The maximum atomic E-state index is 5.96. The average Bonchev–Trinajstić information content (AvgIpc) is 3.08. The van der Waals surface area contributed by atoms with E-state index in [9.17, 15) is 0 Å². The van der Waals surface area contributed by atoms with Gasteiger partial charge in [-0.1, -0.05) is 12.1 Å². The second-order valence-electron chi connectivity index (χ2n) is 4.72. The van der Waals surface area contributed by atoms with Gasteiger partial charge in [0.2, 0.25) is 11.7 Å². The molecule has 1 saturated heterocycles. The van der Waals surface area contributed by atoms with Gasteiger partial charge in [0, 0.05) is 16.5 Å². The summed E-state index contributed by atoms with van der Waals surface area (Å²) in [4.78, 5) is 5.69. The first-order valence-electron chi connectivity index (χ1n) is 6.68. The van der Waals surface area contributed by atoms with Crippen molar-refractivity contribution in [3.63, 3.8) is 0 Å². The Bertz CT molecular complexity index is 570. The third kappa shape index (κ3) is 2.72. The van der Waals surface area contributed by atoms with Crippen LogP contribution in [0.4, 0.5) is 0 Å². The van der Waals surface area contributed by atoms with Crippen molar-refractivity contribution in [2.24, 2.45) is 5.73 Å². The van der Waals surface area contributed by atoms with Gasteiger partial charge in [0.15, 0.2) is 0 Å². The molecule has 0 bridgehead atoms. The standard InChI is InChI=1S/C14H17N3O2S/c1-2-20-10-5-3-9(4-6-10)13-16-14(19-17-13)11-7-18-8-12(11)15/h3-6,11-12H,2,7-8,15H2,1H3. The second kappa shape index (κ2) is 5.95. The molecule has 1 fully saturated rings. The molecule has 0 aliphatic carbocycles. The number of thioether (sulfide) groups is 1. The van der Waals surface area contributed by atoms with Crippen molar-refractivity contribution in [3.8, 4) is 11.4 Å². The third-order valence-corrected chi connectivity index (χ3v) is 4.20. The zero-order chi connectivity index (χ0) is 13.9. The summed E-state index contributed by atoms with van der Waals surface area (Å²) in [7, 11) is 0. The molecule has 2 heterocycles. The highest BCUT2D eigenvalue weighted by Gasteiger charge is 2.31. The van der Waals surface area contributed by atoms with Crippen LogP contribution in [0.5, 0.6) is 0 Å². The molecule has 2 unspecified atom stereocenters. The summed E-state index contributed by atoms with van der Waals surface area (Å²) >= 11 is 1.81. The Labute approximate surface area is 121 Å². The van der Waals surface area contributed by atoms with Gasteiger partial charge in [-0.15, -0.1) is 11.8 Å². The molecule has 6 heteroatoms. The molecule has 106 valence electrons. The average molecular weight is 291 g/mol. The molecule has 2 atom stereocenters. The van der Waals surface area contributed by atoms with Crippen LogP contribution in [0.1, 0.15) is 18.7 Å². The lowest BCUT2D eigenvalue weighted by atomic mass is 10.1. The Kier molecular flexibility index (Phi) is 4.05.